The Kier molecular flexibility index (Phi) is 4.72. The molecule has 15 heavy (non-hydrogen) atoms. The summed E-state index contributed by atoms with van der Waals surface area (Å²) in [5.74, 6) is -0.191. The van der Waals surface area contributed by atoms with Crippen LogP contribution < -0.4 is 5.32 Å². The van der Waals surface area contributed by atoms with Gasteiger partial charge in [-0.15, -0.1) is 0 Å². The van der Waals surface area contributed by atoms with Gasteiger partial charge in [-0.1, -0.05) is 18.2 Å². The molecule has 0 aliphatic rings. The van der Waals surface area contributed by atoms with Gasteiger partial charge in [-0.3, -0.25) is 0 Å². The van der Waals surface area contributed by atoms with E-state index in [4.69, 9.17) is 4.74 Å². The molecule has 0 spiro atoms. The van der Waals surface area contributed by atoms with Gasteiger partial charge in [0.05, 0.1) is 18.8 Å². The van der Waals surface area contributed by atoms with Crippen LogP contribution in [0.5, 0.6) is 0 Å². The molecule has 0 radical (unpaired) electrons. The highest BCUT2D eigenvalue weighted by Gasteiger charge is 2.13. The van der Waals surface area contributed by atoms with Gasteiger partial charge >= 0.3 is 0 Å². The van der Waals surface area contributed by atoms with E-state index in [-0.39, 0.29) is 18.0 Å². The fraction of sp³-hybridized carbons (Fsp3) is 0.500. The van der Waals surface area contributed by atoms with Crippen molar-refractivity contribution in [1.29, 1.82) is 0 Å². The fourth-order valence-corrected chi connectivity index (χ4v) is 1.37. The molecule has 1 aromatic rings. The largest absolute Gasteiger partial charge is 0.377 e. The lowest BCUT2D eigenvalue weighted by Crippen LogP contribution is -2.24. The quantitative estimate of drug-likeness (QED) is 0.808. The summed E-state index contributed by atoms with van der Waals surface area (Å²) in [7, 11) is 1.81. The van der Waals surface area contributed by atoms with Crippen LogP contribution in [0.3, 0.4) is 0 Å². The average molecular weight is 211 g/mol. The van der Waals surface area contributed by atoms with Crippen molar-refractivity contribution in [2.45, 2.75) is 26.0 Å². The highest BCUT2D eigenvalue weighted by molar-refractivity contribution is 5.21. The maximum absolute atomic E-state index is 13.5. The van der Waals surface area contributed by atoms with Gasteiger partial charge in [-0.25, -0.2) is 4.39 Å². The molecule has 1 N–H and O–H groups in total. The molecular formula is C12H18FNO. The van der Waals surface area contributed by atoms with Gasteiger partial charge in [0, 0.05) is 5.56 Å². The summed E-state index contributed by atoms with van der Waals surface area (Å²) in [6, 6.07) is 6.68. The number of ether oxygens (including phenoxy) is 1. The zero-order chi connectivity index (χ0) is 11.3. The van der Waals surface area contributed by atoms with Gasteiger partial charge in [-0.05, 0) is 27.0 Å². The molecule has 2 nitrogen and oxygen atoms in total. The summed E-state index contributed by atoms with van der Waals surface area (Å²) in [5, 5.41) is 3.05. The molecule has 1 aromatic carbocycles. The average Bonchev–Trinajstić information content (AvgIpc) is 2.21. The maximum atomic E-state index is 13.5. The van der Waals surface area contributed by atoms with E-state index in [1.807, 2.05) is 19.9 Å². The number of halogens is 1. The van der Waals surface area contributed by atoms with E-state index in [1.54, 1.807) is 19.2 Å². The fourth-order valence-electron chi connectivity index (χ4n) is 1.37. The molecule has 3 heteroatoms. The van der Waals surface area contributed by atoms with Crippen molar-refractivity contribution in [2.75, 3.05) is 13.7 Å². The highest BCUT2D eigenvalue weighted by atomic mass is 19.1. The minimum Gasteiger partial charge on any atom is -0.377 e. The van der Waals surface area contributed by atoms with Crippen LogP contribution in [0, 0.1) is 5.82 Å². The maximum Gasteiger partial charge on any atom is 0.128 e. The third-order valence-corrected chi connectivity index (χ3v) is 2.23. The topological polar surface area (TPSA) is 21.3 Å². The van der Waals surface area contributed by atoms with Gasteiger partial charge in [0.2, 0.25) is 0 Å². The first-order chi connectivity index (χ1) is 7.15. The van der Waals surface area contributed by atoms with E-state index >= 15 is 0 Å². The second-order valence-electron chi connectivity index (χ2n) is 3.74. The molecule has 0 aliphatic heterocycles. The molecule has 0 saturated heterocycles. The van der Waals surface area contributed by atoms with Gasteiger partial charge < -0.3 is 10.1 Å². The van der Waals surface area contributed by atoms with Crippen LogP contribution in [0.25, 0.3) is 0 Å². The minimum atomic E-state index is -0.191. The number of rotatable bonds is 5. The molecule has 0 aromatic heterocycles. The normalized spacial score (nSPS) is 13.1. The van der Waals surface area contributed by atoms with Crippen molar-refractivity contribution >= 4 is 0 Å². The first-order valence-corrected chi connectivity index (χ1v) is 5.18. The lowest BCUT2D eigenvalue weighted by atomic mass is 10.1. The molecule has 84 valence electrons. The summed E-state index contributed by atoms with van der Waals surface area (Å²) < 4.78 is 18.9. The van der Waals surface area contributed by atoms with Crippen molar-refractivity contribution < 1.29 is 9.13 Å². The van der Waals surface area contributed by atoms with E-state index in [1.165, 1.54) is 6.07 Å². The van der Waals surface area contributed by atoms with Crippen molar-refractivity contribution in [3.63, 3.8) is 0 Å². The van der Waals surface area contributed by atoms with Crippen LogP contribution in [0.2, 0.25) is 0 Å². The first-order valence-electron chi connectivity index (χ1n) is 5.18. The second kappa shape index (κ2) is 5.83. The molecule has 0 aliphatic carbocycles. The standard InChI is InChI=1S/C12H18FNO/c1-9(2)15-8-12(14-3)10-6-4-5-7-11(10)13/h4-7,9,12,14H,8H2,1-3H3. The van der Waals surface area contributed by atoms with Gasteiger partial charge in [0.15, 0.2) is 0 Å². The van der Waals surface area contributed by atoms with Crippen LogP contribution in [0.15, 0.2) is 24.3 Å². The number of hydrogen-bond donors (Lipinski definition) is 1. The molecule has 0 fully saturated rings. The van der Waals surface area contributed by atoms with Crippen LogP contribution in [-0.2, 0) is 4.74 Å². The third-order valence-electron chi connectivity index (χ3n) is 2.23. The Morgan fingerprint density at radius 3 is 2.53 bits per heavy atom. The third kappa shape index (κ3) is 3.61. The van der Waals surface area contributed by atoms with Gasteiger partial charge in [0.1, 0.15) is 5.82 Å². The Morgan fingerprint density at radius 1 is 1.33 bits per heavy atom. The zero-order valence-electron chi connectivity index (χ0n) is 9.46. The molecule has 0 bridgehead atoms. The molecule has 1 unspecified atom stereocenters. The van der Waals surface area contributed by atoms with Gasteiger partial charge in [-0.2, -0.15) is 0 Å². The number of hydrogen-bond acceptors (Lipinski definition) is 2. The predicted molar refractivity (Wildman–Crippen MR) is 59.3 cm³/mol. The number of nitrogens with one attached hydrogen (secondary N) is 1. The molecule has 0 amide bonds. The van der Waals surface area contributed by atoms with E-state index < -0.39 is 0 Å². The molecular weight excluding hydrogens is 193 g/mol. The first kappa shape index (κ1) is 12.1. The SMILES string of the molecule is CNC(COC(C)C)c1ccccc1F. The molecule has 1 atom stereocenters. The minimum absolute atomic E-state index is 0.0893. The Morgan fingerprint density at radius 2 is 2.00 bits per heavy atom. The Bertz CT molecular complexity index is 301. The summed E-state index contributed by atoms with van der Waals surface area (Å²) in [5.41, 5.74) is 0.653. The van der Waals surface area contributed by atoms with Crippen molar-refractivity contribution in [3.8, 4) is 0 Å². The lowest BCUT2D eigenvalue weighted by molar-refractivity contribution is 0.0619. The number of benzene rings is 1. The smallest absolute Gasteiger partial charge is 0.128 e. The predicted octanol–water partition coefficient (Wildman–Crippen LogP) is 2.51. The van der Waals surface area contributed by atoms with Crippen LogP contribution in [-0.4, -0.2) is 19.8 Å². The molecule has 0 heterocycles. The Labute approximate surface area is 90.4 Å². The van der Waals surface area contributed by atoms with Gasteiger partial charge in [0.25, 0.3) is 0 Å². The number of likely N-dealkylation sites (N-methyl/N-ethyl adjacent to an activating group) is 1. The Hall–Kier alpha value is -0.930. The summed E-state index contributed by atoms with van der Waals surface area (Å²) in [4.78, 5) is 0. The van der Waals surface area contributed by atoms with Crippen LogP contribution in [0.1, 0.15) is 25.5 Å². The van der Waals surface area contributed by atoms with Crippen molar-refractivity contribution in [1.82, 2.24) is 5.32 Å². The van der Waals surface area contributed by atoms with Crippen LogP contribution in [0.4, 0.5) is 4.39 Å². The van der Waals surface area contributed by atoms with E-state index in [9.17, 15) is 4.39 Å². The molecule has 0 saturated carbocycles. The van der Waals surface area contributed by atoms with E-state index in [2.05, 4.69) is 5.32 Å². The summed E-state index contributed by atoms with van der Waals surface area (Å²) in [6.45, 7) is 4.41. The monoisotopic (exact) mass is 211 g/mol. The van der Waals surface area contributed by atoms with Crippen molar-refractivity contribution in [3.05, 3.63) is 35.6 Å². The molecule has 1 rings (SSSR count). The summed E-state index contributed by atoms with van der Waals surface area (Å²) >= 11 is 0. The zero-order valence-corrected chi connectivity index (χ0v) is 9.46. The second-order valence-corrected chi connectivity index (χ2v) is 3.74. The van der Waals surface area contributed by atoms with Crippen molar-refractivity contribution in [2.24, 2.45) is 0 Å². The van der Waals surface area contributed by atoms with E-state index in [0.717, 1.165) is 0 Å². The Balaban J connectivity index is 2.70. The summed E-state index contributed by atoms with van der Waals surface area (Å²) in [6.07, 6.45) is 0.160. The highest BCUT2D eigenvalue weighted by Crippen LogP contribution is 2.17. The van der Waals surface area contributed by atoms with E-state index in [0.29, 0.717) is 12.2 Å². The lowest BCUT2D eigenvalue weighted by Gasteiger charge is -2.18. The van der Waals surface area contributed by atoms with Crippen LogP contribution >= 0.6 is 0 Å².